The molecule has 0 aromatic heterocycles. The van der Waals surface area contributed by atoms with Crippen molar-refractivity contribution < 1.29 is 14.7 Å². The number of carbonyl (C=O) groups is 2. The number of benzene rings is 1. The minimum atomic E-state index is -1.07. The molecule has 4 heteroatoms. The van der Waals surface area contributed by atoms with Gasteiger partial charge in [-0.15, -0.1) is 6.42 Å². The van der Waals surface area contributed by atoms with Gasteiger partial charge in [0.2, 0.25) is 5.91 Å². The summed E-state index contributed by atoms with van der Waals surface area (Å²) in [5.74, 6) is 1.16. The van der Waals surface area contributed by atoms with Crippen molar-refractivity contribution in [2.24, 2.45) is 5.92 Å². The molecule has 0 aliphatic rings. The Kier molecular flexibility index (Phi) is 6.65. The molecule has 0 aliphatic heterocycles. The van der Waals surface area contributed by atoms with E-state index in [1.807, 2.05) is 24.3 Å². The molecule has 0 fully saturated rings. The molecule has 0 saturated carbocycles. The Bertz CT molecular complexity index is 555. The smallest absolute Gasteiger partial charge is 0.323 e. The minimum Gasteiger partial charge on any atom is -0.480 e. The molecule has 22 heavy (non-hydrogen) atoms. The van der Waals surface area contributed by atoms with Crippen LogP contribution in [0.1, 0.15) is 37.8 Å². The van der Waals surface area contributed by atoms with Gasteiger partial charge in [-0.2, -0.15) is 0 Å². The third-order valence-corrected chi connectivity index (χ3v) is 3.41. The second-order valence-electron chi connectivity index (χ2n) is 5.85. The second-order valence-corrected chi connectivity index (χ2v) is 5.85. The van der Waals surface area contributed by atoms with Crippen molar-refractivity contribution in [2.75, 3.05) is 13.1 Å². The number of rotatable bonds is 7. The Morgan fingerprint density at radius 1 is 1.23 bits per heavy atom. The van der Waals surface area contributed by atoms with Gasteiger partial charge in [0.25, 0.3) is 0 Å². The zero-order chi connectivity index (χ0) is 16.7. The lowest BCUT2D eigenvalue weighted by Gasteiger charge is -2.22. The summed E-state index contributed by atoms with van der Waals surface area (Å²) in [7, 11) is 0. The van der Waals surface area contributed by atoms with Gasteiger partial charge < -0.3 is 10.0 Å². The Balaban J connectivity index is 2.84. The Morgan fingerprint density at radius 2 is 1.82 bits per heavy atom. The molecule has 1 atom stereocenters. The lowest BCUT2D eigenvalue weighted by Crippen LogP contribution is -2.38. The molecular weight excluding hydrogens is 278 g/mol. The summed E-state index contributed by atoms with van der Waals surface area (Å²) in [5.41, 5.74) is 2.09. The number of carbonyl (C=O) groups excluding carboxylic acids is 1. The lowest BCUT2D eigenvalue weighted by molar-refractivity contribution is -0.144. The number of terminal acetylenes is 1. The predicted molar refractivity (Wildman–Crippen MR) is 86.4 cm³/mol. The van der Waals surface area contributed by atoms with Crippen LogP contribution in [0.5, 0.6) is 0 Å². The SMILES string of the molecule is C#CCN(CC(=O)O)C(=O)[C@H](C)c1ccc(CC(C)C)cc1. The van der Waals surface area contributed by atoms with Crippen molar-refractivity contribution in [3.63, 3.8) is 0 Å². The number of hydrogen-bond donors (Lipinski definition) is 1. The van der Waals surface area contributed by atoms with Crippen LogP contribution in [-0.4, -0.2) is 35.0 Å². The van der Waals surface area contributed by atoms with Gasteiger partial charge in [0.1, 0.15) is 6.54 Å². The maximum absolute atomic E-state index is 12.4. The van der Waals surface area contributed by atoms with Crippen molar-refractivity contribution in [2.45, 2.75) is 33.1 Å². The topological polar surface area (TPSA) is 57.6 Å². The summed E-state index contributed by atoms with van der Waals surface area (Å²) in [6, 6.07) is 7.88. The van der Waals surface area contributed by atoms with E-state index < -0.39 is 11.9 Å². The van der Waals surface area contributed by atoms with Gasteiger partial charge in [0.15, 0.2) is 0 Å². The third-order valence-electron chi connectivity index (χ3n) is 3.41. The van der Waals surface area contributed by atoms with Crippen molar-refractivity contribution in [1.29, 1.82) is 0 Å². The number of nitrogens with zero attached hydrogens (tertiary/aromatic N) is 1. The van der Waals surface area contributed by atoms with Gasteiger partial charge in [-0.1, -0.05) is 44.0 Å². The van der Waals surface area contributed by atoms with E-state index in [2.05, 4.69) is 19.8 Å². The first-order valence-corrected chi connectivity index (χ1v) is 7.38. The highest BCUT2D eigenvalue weighted by Gasteiger charge is 2.23. The largest absolute Gasteiger partial charge is 0.480 e. The minimum absolute atomic E-state index is 0.000899. The van der Waals surface area contributed by atoms with Crippen LogP contribution in [0.4, 0.5) is 0 Å². The molecule has 0 bridgehead atoms. The first kappa shape index (κ1) is 17.8. The monoisotopic (exact) mass is 301 g/mol. The van der Waals surface area contributed by atoms with Crippen LogP contribution in [0.25, 0.3) is 0 Å². The van der Waals surface area contributed by atoms with E-state index in [0.717, 1.165) is 12.0 Å². The van der Waals surface area contributed by atoms with Crippen LogP contribution >= 0.6 is 0 Å². The van der Waals surface area contributed by atoms with Gasteiger partial charge in [-0.05, 0) is 30.4 Å². The molecule has 0 unspecified atom stereocenters. The zero-order valence-electron chi connectivity index (χ0n) is 13.4. The van der Waals surface area contributed by atoms with E-state index in [-0.39, 0.29) is 19.0 Å². The summed E-state index contributed by atoms with van der Waals surface area (Å²) in [6.45, 7) is 5.71. The highest BCUT2D eigenvalue weighted by molar-refractivity contribution is 5.86. The molecule has 0 spiro atoms. The summed E-state index contributed by atoms with van der Waals surface area (Å²) in [4.78, 5) is 24.4. The summed E-state index contributed by atoms with van der Waals surface area (Å²) < 4.78 is 0. The van der Waals surface area contributed by atoms with Crippen LogP contribution in [0.15, 0.2) is 24.3 Å². The number of aliphatic carboxylic acids is 1. The van der Waals surface area contributed by atoms with Crippen molar-refractivity contribution >= 4 is 11.9 Å². The Labute approximate surface area is 132 Å². The molecule has 4 nitrogen and oxygen atoms in total. The molecule has 118 valence electrons. The van der Waals surface area contributed by atoms with Crippen molar-refractivity contribution in [3.05, 3.63) is 35.4 Å². The van der Waals surface area contributed by atoms with Crippen molar-refractivity contribution in [3.8, 4) is 12.3 Å². The Hall–Kier alpha value is -2.28. The Morgan fingerprint density at radius 3 is 2.27 bits per heavy atom. The number of amides is 1. The molecule has 0 saturated heterocycles. The molecule has 0 aliphatic carbocycles. The van der Waals surface area contributed by atoms with Crippen molar-refractivity contribution in [1.82, 2.24) is 4.90 Å². The fraction of sp³-hybridized carbons (Fsp3) is 0.444. The first-order chi connectivity index (χ1) is 10.3. The van der Waals surface area contributed by atoms with Gasteiger partial charge in [-0.3, -0.25) is 9.59 Å². The van der Waals surface area contributed by atoms with E-state index >= 15 is 0 Å². The fourth-order valence-electron chi connectivity index (χ4n) is 2.32. The van der Waals surface area contributed by atoms with Gasteiger partial charge in [-0.25, -0.2) is 0 Å². The standard InChI is InChI=1S/C18H23NO3/c1-5-10-19(12-17(20)21)18(22)14(4)16-8-6-15(7-9-16)11-13(2)3/h1,6-9,13-14H,10-12H2,2-4H3,(H,20,21)/t14-/m1/s1. The fourth-order valence-corrected chi connectivity index (χ4v) is 2.32. The average Bonchev–Trinajstić information content (AvgIpc) is 2.45. The highest BCUT2D eigenvalue weighted by atomic mass is 16.4. The molecular formula is C18H23NO3. The molecule has 1 aromatic rings. The van der Waals surface area contributed by atoms with Gasteiger partial charge in [0.05, 0.1) is 12.5 Å². The third kappa shape index (κ3) is 5.25. The van der Waals surface area contributed by atoms with Crippen LogP contribution < -0.4 is 0 Å². The molecule has 1 aromatic carbocycles. The second kappa shape index (κ2) is 8.23. The van der Waals surface area contributed by atoms with Crippen LogP contribution in [0.2, 0.25) is 0 Å². The maximum atomic E-state index is 12.4. The number of carboxylic acids is 1. The van der Waals surface area contributed by atoms with Crippen LogP contribution in [-0.2, 0) is 16.0 Å². The van der Waals surface area contributed by atoms with Crippen LogP contribution in [0, 0.1) is 18.3 Å². The molecule has 0 heterocycles. The van der Waals surface area contributed by atoms with Gasteiger partial charge >= 0.3 is 5.97 Å². The van der Waals surface area contributed by atoms with E-state index in [4.69, 9.17) is 11.5 Å². The maximum Gasteiger partial charge on any atom is 0.323 e. The number of carboxylic acid groups (broad SMARTS) is 1. The number of hydrogen-bond acceptors (Lipinski definition) is 2. The van der Waals surface area contributed by atoms with Crippen LogP contribution in [0.3, 0.4) is 0 Å². The van der Waals surface area contributed by atoms with E-state index in [1.165, 1.54) is 10.5 Å². The lowest BCUT2D eigenvalue weighted by atomic mass is 9.96. The van der Waals surface area contributed by atoms with E-state index in [9.17, 15) is 9.59 Å². The summed E-state index contributed by atoms with van der Waals surface area (Å²) >= 11 is 0. The van der Waals surface area contributed by atoms with E-state index in [0.29, 0.717) is 5.92 Å². The first-order valence-electron chi connectivity index (χ1n) is 7.38. The summed E-state index contributed by atoms with van der Waals surface area (Å²) in [6.07, 6.45) is 6.20. The quantitative estimate of drug-likeness (QED) is 0.787. The van der Waals surface area contributed by atoms with Gasteiger partial charge in [0, 0.05) is 0 Å². The molecule has 1 amide bonds. The van der Waals surface area contributed by atoms with E-state index in [1.54, 1.807) is 6.92 Å². The normalized spacial score (nSPS) is 11.8. The molecule has 1 N–H and O–H groups in total. The summed E-state index contributed by atoms with van der Waals surface area (Å²) in [5, 5.41) is 8.87. The zero-order valence-corrected chi connectivity index (χ0v) is 13.4. The average molecular weight is 301 g/mol. The predicted octanol–water partition coefficient (Wildman–Crippen LogP) is 2.54. The highest BCUT2D eigenvalue weighted by Crippen LogP contribution is 2.19. The molecule has 1 rings (SSSR count). The molecule has 0 radical (unpaired) electrons.